The first kappa shape index (κ1) is 22.8. The quantitative estimate of drug-likeness (QED) is 0.306. The number of benzene rings is 3. The Morgan fingerprint density at radius 1 is 1.03 bits per heavy atom. The van der Waals surface area contributed by atoms with E-state index in [-0.39, 0.29) is 30.8 Å². The lowest BCUT2D eigenvalue weighted by molar-refractivity contribution is -0.145. The fourth-order valence-corrected chi connectivity index (χ4v) is 5.92. The smallest absolute Gasteiger partial charge is 0.306 e. The summed E-state index contributed by atoms with van der Waals surface area (Å²) in [6.45, 7) is 4.60. The highest BCUT2D eigenvalue weighted by atomic mass is 32.1. The topological polar surface area (TPSA) is 59.4 Å². The van der Waals surface area contributed by atoms with Crippen molar-refractivity contribution in [3.8, 4) is 11.1 Å². The summed E-state index contributed by atoms with van der Waals surface area (Å²) >= 11 is 1.64. The molecule has 1 aliphatic rings. The Morgan fingerprint density at radius 3 is 2.35 bits per heavy atom. The summed E-state index contributed by atoms with van der Waals surface area (Å²) in [6.07, 6.45) is 0.747. The molecule has 5 rings (SSSR count). The number of aromatic nitrogens is 1. The molecule has 3 aromatic carbocycles. The van der Waals surface area contributed by atoms with E-state index in [0.29, 0.717) is 18.9 Å². The molecule has 0 unspecified atom stereocenters. The number of esters is 1. The lowest BCUT2D eigenvalue weighted by Crippen LogP contribution is -2.19. The molecular weight excluding hydrogens is 442 g/mol. The van der Waals surface area contributed by atoms with Crippen LogP contribution in [0.5, 0.6) is 0 Å². The van der Waals surface area contributed by atoms with Crippen LogP contribution in [0.25, 0.3) is 21.3 Å². The number of nitrogens with zero attached hydrogens (tertiary/aromatic N) is 1. The number of thiazole rings is 1. The number of ether oxygens (including phenoxy) is 1. The van der Waals surface area contributed by atoms with Crippen LogP contribution >= 0.6 is 11.3 Å². The summed E-state index contributed by atoms with van der Waals surface area (Å²) < 4.78 is 6.90. The second-order valence-electron chi connectivity index (χ2n) is 9.36. The van der Waals surface area contributed by atoms with Gasteiger partial charge in [-0.15, -0.1) is 11.3 Å². The molecule has 34 heavy (non-hydrogen) atoms. The Bertz CT molecular complexity index is 1280. The van der Waals surface area contributed by atoms with Crippen molar-refractivity contribution in [1.82, 2.24) is 4.98 Å². The van der Waals surface area contributed by atoms with Gasteiger partial charge in [0, 0.05) is 18.9 Å². The van der Waals surface area contributed by atoms with Crippen molar-refractivity contribution >= 4 is 27.5 Å². The zero-order valence-electron chi connectivity index (χ0n) is 19.5. The highest BCUT2D eigenvalue weighted by molar-refractivity contribution is 7.18. The molecule has 1 aliphatic carbocycles. The van der Waals surface area contributed by atoms with Crippen LogP contribution in [-0.2, 0) is 16.0 Å². The van der Waals surface area contributed by atoms with Crippen molar-refractivity contribution in [2.45, 2.75) is 38.5 Å². The van der Waals surface area contributed by atoms with Crippen LogP contribution in [0.2, 0.25) is 0 Å². The first-order valence-electron chi connectivity index (χ1n) is 11.9. The molecule has 1 heterocycles. The molecule has 0 fully saturated rings. The van der Waals surface area contributed by atoms with E-state index in [2.05, 4.69) is 56.3 Å². The number of fused-ring (bicyclic) bond motifs is 4. The molecule has 4 aromatic rings. The number of hydrogen-bond acceptors (Lipinski definition) is 5. The number of carbonyl (C=O) groups is 1. The van der Waals surface area contributed by atoms with Gasteiger partial charge in [-0.1, -0.05) is 68.4 Å². The zero-order chi connectivity index (χ0) is 23.7. The van der Waals surface area contributed by atoms with E-state index in [0.717, 1.165) is 15.2 Å². The van der Waals surface area contributed by atoms with Crippen molar-refractivity contribution in [3.63, 3.8) is 0 Å². The predicted octanol–water partition coefficient (Wildman–Crippen LogP) is 6.32. The van der Waals surface area contributed by atoms with Crippen LogP contribution < -0.4 is 0 Å². The molecule has 174 valence electrons. The molecule has 0 spiro atoms. The van der Waals surface area contributed by atoms with E-state index < -0.39 is 0 Å². The maximum Gasteiger partial charge on any atom is 0.306 e. The maximum atomic E-state index is 12.7. The maximum absolute atomic E-state index is 12.7. The van der Waals surface area contributed by atoms with Crippen molar-refractivity contribution in [3.05, 3.63) is 88.4 Å². The van der Waals surface area contributed by atoms with E-state index in [1.54, 1.807) is 11.3 Å². The molecule has 1 N–H and O–H groups in total. The van der Waals surface area contributed by atoms with Crippen molar-refractivity contribution < 1.29 is 14.6 Å². The fraction of sp³-hybridized carbons (Fsp3) is 0.310. The summed E-state index contributed by atoms with van der Waals surface area (Å²) in [5.41, 5.74) is 7.09. The second-order valence-corrected chi connectivity index (χ2v) is 10.5. The van der Waals surface area contributed by atoms with Gasteiger partial charge in [-0.25, -0.2) is 4.98 Å². The number of carbonyl (C=O) groups excluding carboxylic acids is 1. The molecule has 1 atom stereocenters. The van der Waals surface area contributed by atoms with Crippen molar-refractivity contribution in [2.24, 2.45) is 5.92 Å². The molecule has 0 amide bonds. The molecule has 0 saturated carbocycles. The molecule has 4 nitrogen and oxygen atoms in total. The van der Waals surface area contributed by atoms with Crippen LogP contribution in [0.4, 0.5) is 0 Å². The van der Waals surface area contributed by atoms with Crippen molar-refractivity contribution in [1.29, 1.82) is 0 Å². The number of rotatable bonds is 8. The van der Waals surface area contributed by atoms with Crippen LogP contribution in [0.3, 0.4) is 0 Å². The average Bonchev–Trinajstić information content (AvgIpc) is 3.40. The Balaban J connectivity index is 1.23. The normalized spacial score (nSPS) is 13.8. The third-order valence-electron chi connectivity index (χ3n) is 6.67. The van der Waals surface area contributed by atoms with E-state index in [9.17, 15) is 9.90 Å². The number of hydrogen-bond donors (Lipinski definition) is 1. The largest absolute Gasteiger partial charge is 0.465 e. The standard InChI is InChI=1S/C29H29NO3S/c1-18(2)20-11-12-26-27(15-20)34-28(30-26)13-19(16-31)14-29(32)33-17-25-23-9-5-3-7-21(23)22-8-4-6-10-24(22)25/h3-12,15,18-19,25,31H,13-14,16-17H2,1-2H3/t19-/m1/s1. The minimum atomic E-state index is -0.274. The lowest BCUT2D eigenvalue weighted by atomic mass is 9.98. The summed E-state index contributed by atoms with van der Waals surface area (Å²) in [6, 6.07) is 23.0. The molecule has 1 aromatic heterocycles. The first-order valence-corrected chi connectivity index (χ1v) is 12.7. The van der Waals surface area contributed by atoms with Gasteiger partial charge >= 0.3 is 5.97 Å². The van der Waals surface area contributed by atoms with Gasteiger partial charge in [-0.3, -0.25) is 4.79 Å². The van der Waals surface area contributed by atoms with Crippen molar-refractivity contribution in [2.75, 3.05) is 13.2 Å². The predicted molar refractivity (Wildman–Crippen MR) is 137 cm³/mol. The molecule has 0 radical (unpaired) electrons. The third-order valence-corrected chi connectivity index (χ3v) is 7.71. The van der Waals surface area contributed by atoms with E-state index in [4.69, 9.17) is 9.72 Å². The Morgan fingerprint density at radius 2 is 1.71 bits per heavy atom. The highest BCUT2D eigenvalue weighted by Gasteiger charge is 2.29. The fourth-order valence-electron chi connectivity index (χ4n) is 4.79. The van der Waals surface area contributed by atoms with Gasteiger partial charge in [0.15, 0.2) is 0 Å². The highest BCUT2D eigenvalue weighted by Crippen LogP contribution is 2.44. The van der Waals surface area contributed by atoms with Gasteiger partial charge in [-0.2, -0.15) is 0 Å². The van der Waals surface area contributed by atoms with Crippen LogP contribution in [0.1, 0.15) is 53.8 Å². The lowest BCUT2D eigenvalue weighted by Gasteiger charge is -2.16. The summed E-state index contributed by atoms with van der Waals surface area (Å²) in [4.78, 5) is 17.4. The minimum absolute atomic E-state index is 0.0448. The third kappa shape index (κ3) is 4.50. The monoisotopic (exact) mass is 471 g/mol. The summed E-state index contributed by atoms with van der Waals surface area (Å²) in [5, 5.41) is 10.9. The molecular formula is C29H29NO3S. The van der Waals surface area contributed by atoms with Gasteiger partial charge in [0.05, 0.1) is 21.6 Å². The minimum Gasteiger partial charge on any atom is -0.465 e. The number of aliphatic hydroxyl groups is 1. The number of aliphatic hydroxyl groups excluding tert-OH is 1. The second kappa shape index (κ2) is 9.69. The van der Waals surface area contributed by atoms with Gasteiger partial charge in [0.2, 0.25) is 0 Å². The van der Waals surface area contributed by atoms with Gasteiger partial charge in [0.25, 0.3) is 0 Å². The van der Waals surface area contributed by atoms with Gasteiger partial charge in [0.1, 0.15) is 6.61 Å². The van der Waals surface area contributed by atoms with E-state index in [1.807, 2.05) is 24.3 Å². The molecule has 0 bridgehead atoms. The summed E-state index contributed by atoms with van der Waals surface area (Å²) in [7, 11) is 0. The summed E-state index contributed by atoms with van der Waals surface area (Å²) in [5.74, 6) is 0.0296. The first-order chi connectivity index (χ1) is 16.5. The molecule has 0 saturated heterocycles. The van der Waals surface area contributed by atoms with E-state index >= 15 is 0 Å². The average molecular weight is 472 g/mol. The van der Waals surface area contributed by atoms with Gasteiger partial charge in [-0.05, 0) is 51.8 Å². The molecule has 5 heteroatoms. The van der Waals surface area contributed by atoms with Crippen LogP contribution in [0.15, 0.2) is 66.7 Å². The molecule has 0 aliphatic heterocycles. The van der Waals surface area contributed by atoms with Gasteiger partial charge < -0.3 is 9.84 Å². The van der Waals surface area contributed by atoms with Crippen LogP contribution in [0, 0.1) is 5.92 Å². The van der Waals surface area contributed by atoms with Crippen LogP contribution in [-0.4, -0.2) is 29.3 Å². The Kier molecular flexibility index (Phi) is 6.48. The zero-order valence-corrected chi connectivity index (χ0v) is 20.3. The SMILES string of the molecule is CC(C)c1ccc2nc(C[C@@H](CO)CC(=O)OCC3c4ccccc4-c4ccccc43)sc2c1. The van der Waals surface area contributed by atoms with E-state index in [1.165, 1.54) is 27.8 Å². The Labute approximate surface area is 204 Å². The Hall–Kier alpha value is -3.02.